The Morgan fingerprint density at radius 1 is 0.900 bits per heavy atom. The molecule has 1 atom stereocenters. The number of rotatable bonds is 6. The van der Waals surface area contributed by atoms with Gasteiger partial charge in [0.2, 0.25) is 0 Å². The van der Waals surface area contributed by atoms with E-state index in [4.69, 9.17) is 0 Å². The first kappa shape index (κ1) is 19.8. The Labute approximate surface area is 175 Å². The molecule has 0 bridgehead atoms. The molecule has 4 rings (SSSR count). The summed E-state index contributed by atoms with van der Waals surface area (Å²) in [6, 6.07) is 22.5. The lowest BCUT2D eigenvalue weighted by Crippen LogP contribution is -2.40. The third-order valence-electron chi connectivity index (χ3n) is 5.49. The highest BCUT2D eigenvalue weighted by Gasteiger charge is 2.26. The Bertz CT molecular complexity index is 1030. The molecule has 1 unspecified atom stereocenters. The fraction of sp³-hybridized carbons (Fsp3) is 0.200. The predicted molar refractivity (Wildman–Crippen MR) is 115 cm³/mol. The Hall–Kier alpha value is -3.47. The van der Waals surface area contributed by atoms with E-state index in [1.807, 2.05) is 18.2 Å². The molecule has 30 heavy (non-hydrogen) atoms. The number of halogens is 1. The summed E-state index contributed by atoms with van der Waals surface area (Å²) in [7, 11) is 0. The lowest BCUT2D eigenvalue weighted by atomic mass is 9.98. The van der Waals surface area contributed by atoms with Crippen LogP contribution in [-0.2, 0) is 0 Å². The zero-order chi connectivity index (χ0) is 20.9. The number of ketones is 1. The third kappa shape index (κ3) is 4.25. The summed E-state index contributed by atoms with van der Waals surface area (Å²) in [6.07, 6.45) is 2.08. The highest BCUT2D eigenvalue weighted by molar-refractivity contribution is 6.15. The van der Waals surface area contributed by atoms with Gasteiger partial charge in [-0.1, -0.05) is 36.4 Å². The number of nitrogens with zero attached hydrogens (tertiary/aromatic N) is 1. The van der Waals surface area contributed by atoms with E-state index in [9.17, 15) is 14.0 Å². The van der Waals surface area contributed by atoms with Crippen LogP contribution in [0, 0.1) is 5.82 Å². The number of carbonyl (C=O) groups excluding carboxylic acids is 2. The quantitative estimate of drug-likeness (QED) is 0.620. The van der Waals surface area contributed by atoms with Crippen molar-refractivity contribution in [1.29, 1.82) is 0 Å². The van der Waals surface area contributed by atoms with E-state index in [-0.39, 0.29) is 17.7 Å². The molecule has 0 radical (unpaired) electrons. The molecule has 1 fully saturated rings. The van der Waals surface area contributed by atoms with Crippen LogP contribution in [-0.4, -0.2) is 30.8 Å². The molecular formula is C25H23FN2O2. The standard InChI is InChI=1S/C25H23FN2O2/c26-19-14-12-18(13-15-19)24(29)22-10-4-5-11-23(22)25(30)27-17-21-9-6-16-28(21)20-7-2-1-3-8-20/h1-5,7-8,10-15,21H,6,9,16-17H2,(H,27,30). The molecule has 1 amide bonds. The summed E-state index contributed by atoms with van der Waals surface area (Å²) >= 11 is 0. The highest BCUT2D eigenvalue weighted by atomic mass is 19.1. The fourth-order valence-electron chi connectivity index (χ4n) is 3.95. The van der Waals surface area contributed by atoms with Gasteiger partial charge in [0.25, 0.3) is 5.91 Å². The van der Waals surface area contributed by atoms with Crippen LogP contribution in [0.2, 0.25) is 0 Å². The van der Waals surface area contributed by atoms with Crippen LogP contribution in [0.1, 0.15) is 39.1 Å². The molecule has 0 saturated carbocycles. The van der Waals surface area contributed by atoms with Gasteiger partial charge < -0.3 is 10.2 Å². The maximum absolute atomic E-state index is 13.2. The first-order valence-electron chi connectivity index (χ1n) is 10.1. The summed E-state index contributed by atoms with van der Waals surface area (Å²) in [6.45, 7) is 1.47. The minimum atomic E-state index is -0.405. The van der Waals surface area contributed by atoms with E-state index in [0.29, 0.717) is 23.2 Å². The largest absolute Gasteiger partial charge is 0.367 e. The van der Waals surface area contributed by atoms with Crippen molar-refractivity contribution < 1.29 is 14.0 Å². The van der Waals surface area contributed by atoms with Crippen molar-refractivity contribution in [1.82, 2.24) is 5.32 Å². The van der Waals surface area contributed by atoms with Crippen LogP contribution < -0.4 is 10.2 Å². The molecule has 1 N–H and O–H groups in total. The van der Waals surface area contributed by atoms with Crippen molar-refractivity contribution in [2.24, 2.45) is 0 Å². The van der Waals surface area contributed by atoms with Crippen LogP contribution >= 0.6 is 0 Å². The van der Waals surface area contributed by atoms with Gasteiger partial charge >= 0.3 is 0 Å². The predicted octanol–water partition coefficient (Wildman–Crippen LogP) is 4.46. The number of amides is 1. The zero-order valence-electron chi connectivity index (χ0n) is 16.6. The van der Waals surface area contributed by atoms with E-state index in [0.717, 1.165) is 25.1 Å². The van der Waals surface area contributed by atoms with E-state index in [1.54, 1.807) is 24.3 Å². The van der Waals surface area contributed by atoms with Crippen LogP contribution in [0.5, 0.6) is 0 Å². The highest BCUT2D eigenvalue weighted by Crippen LogP contribution is 2.25. The first-order chi connectivity index (χ1) is 14.6. The van der Waals surface area contributed by atoms with E-state index >= 15 is 0 Å². The average molecular weight is 402 g/mol. The molecule has 3 aromatic carbocycles. The molecular weight excluding hydrogens is 379 g/mol. The maximum Gasteiger partial charge on any atom is 0.252 e. The van der Waals surface area contributed by atoms with Crippen molar-refractivity contribution >= 4 is 17.4 Å². The van der Waals surface area contributed by atoms with Crippen LogP contribution in [0.25, 0.3) is 0 Å². The average Bonchev–Trinajstić information content (AvgIpc) is 3.27. The number of nitrogens with one attached hydrogen (secondary N) is 1. The fourth-order valence-corrected chi connectivity index (χ4v) is 3.95. The molecule has 1 aliphatic heterocycles. The van der Waals surface area contributed by atoms with Crippen molar-refractivity contribution in [3.63, 3.8) is 0 Å². The molecule has 0 aliphatic carbocycles. The number of benzene rings is 3. The Kier molecular flexibility index (Phi) is 5.89. The van der Waals surface area contributed by atoms with Crippen LogP contribution in [0.3, 0.4) is 0 Å². The summed E-state index contributed by atoms with van der Waals surface area (Å²) in [5.74, 6) is -0.981. The summed E-state index contributed by atoms with van der Waals surface area (Å²) in [5, 5.41) is 3.00. The van der Waals surface area contributed by atoms with Gasteiger partial charge in [-0.2, -0.15) is 0 Å². The van der Waals surface area contributed by atoms with E-state index in [2.05, 4.69) is 22.3 Å². The minimum Gasteiger partial charge on any atom is -0.367 e. The Balaban J connectivity index is 1.48. The van der Waals surface area contributed by atoms with Gasteiger partial charge in [-0.15, -0.1) is 0 Å². The number of carbonyl (C=O) groups is 2. The summed E-state index contributed by atoms with van der Waals surface area (Å²) < 4.78 is 13.2. The second-order valence-corrected chi connectivity index (χ2v) is 7.42. The molecule has 1 heterocycles. The van der Waals surface area contributed by atoms with Crippen molar-refractivity contribution in [3.8, 4) is 0 Å². The number of anilines is 1. The maximum atomic E-state index is 13.2. The number of para-hydroxylation sites is 1. The number of hydrogen-bond donors (Lipinski definition) is 1. The molecule has 4 nitrogen and oxygen atoms in total. The van der Waals surface area contributed by atoms with Gasteiger partial charge in [-0.25, -0.2) is 4.39 Å². The summed E-state index contributed by atoms with van der Waals surface area (Å²) in [4.78, 5) is 28.1. The third-order valence-corrected chi connectivity index (χ3v) is 5.49. The molecule has 0 spiro atoms. The van der Waals surface area contributed by atoms with Gasteiger partial charge in [0.05, 0.1) is 5.56 Å². The van der Waals surface area contributed by atoms with Gasteiger partial charge in [0.15, 0.2) is 5.78 Å². The van der Waals surface area contributed by atoms with Crippen molar-refractivity contribution in [2.75, 3.05) is 18.0 Å². The van der Waals surface area contributed by atoms with E-state index in [1.165, 1.54) is 24.3 Å². The first-order valence-corrected chi connectivity index (χ1v) is 10.1. The zero-order valence-corrected chi connectivity index (χ0v) is 16.6. The lowest BCUT2D eigenvalue weighted by molar-refractivity contribution is 0.0940. The molecule has 3 aromatic rings. The molecule has 1 saturated heterocycles. The van der Waals surface area contributed by atoms with Crippen LogP contribution in [0.15, 0.2) is 78.9 Å². The molecule has 0 aromatic heterocycles. The summed E-state index contributed by atoms with van der Waals surface area (Å²) in [5.41, 5.74) is 2.15. The second kappa shape index (κ2) is 8.91. The van der Waals surface area contributed by atoms with Crippen molar-refractivity contribution in [3.05, 3.63) is 101 Å². The second-order valence-electron chi connectivity index (χ2n) is 7.42. The van der Waals surface area contributed by atoms with Gasteiger partial charge in [-0.3, -0.25) is 9.59 Å². The monoisotopic (exact) mass is 402 g/mol. The smallest absolute Gasteiger partial charge is 0.252 e. The molecule has 1 aliphatic rings. The van der Waals surface area contributed by atoms with Gasteiger partial charge in [0.1, 0.15) is 5.82 Å². The normalized spacial score (nSPS) is 15.8. The lowest BCUT2D eigenvalue weighted by Gasteiger charge is -2.27. The topological polar surface area (TPSA) is 49.4 Å². The number of hydrogen-bond acceptors (Lipinski definition) is 3. The van der Waals surface area contributed by atoms with E-state index < -0.39 is 5.82 Å². The SMILES string of the molecule is O=C(NCC1CCCN1c1ccccc1)c1ccccc1C(=O)c1ccc(F)cc1. The Morgan fingerprint density at radius 3 is 2.30 bits per heavy atom. The van der Waals surface area contributed by atoms with Gasteiger partial charge in [0, 0.05) is 35.9 Å². The Morgan fingerprint density at radius 2 is 1.57 bits per heavy atom. The minimum absolute atomic E-state index is 0.219. The van der Waals surface area contributed by atoms with Crippen molar-refractivity contribution in [2.45, 2.75) is 18.9 Å². The molecule has 152 valence electrons. The van der Waals surface area contributed by atoms with Crippen LogP contribution in [0.4, 0.5) is 10.1 Å². The molecule has 5 heteroatoms. The van der Waals surface area contributed by atoms with Gasteiger partial charge in [-0.05, 0) is 55.3 Å².